The Labute approximate surface area is 452 Å². The van der Waals surface area contributed by atoms with E-state index in [2.05, 4.69) is 257 Å². The van der Waals surface area contributed by atoms with E-state index < -0.39 is 0 Å². The van der Waals surface area contributed by atoms with E-state index in [4.69, 9.17) is 4.98 Å². The molecule has 0 spiro atoms. The van der Waals surface area contributed by atoms with Crippen molar-refractivity contribution >= 4 is 100 Å². The van der Waals surface area contributed by atoms with Crippen molar-refractivity contribution in [3.8, 4) is 41.8 Å². The molecule has 0 saturated carbocycles. The minimum atomic E-state index is 0.960. The van der Waals surface area contributed by atoms with Crippen LogP contribution in [0.15, 0.2) is 237 Å². The van der Waals surface area contributed by atoms with Gasteiger partial charge in [0.05, 0.1) is 11.0 Å². The van der Waals surface area contributed by atoms with Crippen molar-refractivity contribution in [2.24, 2.45) is 0 Å². The van der Waals surface area contributed by atoms with Gasteiger partial charge in [0.1, 0.15) is 0 Å². The number of nitrogens with zero attached hydrogens (tertiary/aromatic N) is 5. The molecule has 5 aromatic heterocycles. The van der Waals surface area contributed by atoms with Crippen LogP contribution in [0.5, 0.6) is 0 Å². The minimum Gasteiger partial charge on any atom is -0.340 e. The molecule has 0 atom stereocenters. The summed E-state index contributed by atoms with van der Waals surface area (Å²) in [6.45, 7) is 6.48. The maximum absolute atomic E-state index is 4.83. The Morgan fingerprint density at radius 3 is 1.01 bits per heavy atom. The predicted octanol–water partition coefficient (Wildman–Crippen LogP) is 20.6. The van der Waals surface area contributed by atoms with Crippen LogP contribution < -0.4 is 9.80 Å². The van der Waals surface area contributed by atoms with Gasteiger partial charge in [-0.1, -0.05) is 136 Å². The number of para-hydroxylation sites is 4. The summed E-state index contributed by atoms with van der Waals surface area (Å²) in [5.74, 6) is 0. The molecule has 0 unspecified atom stereocenters. The van der Waals surface area contributed by atoms with Gasteiger partial charge in [0.15, 0.2) is 0 Å². The van der Waals surface area contributed by atoms with Gasteiger partial charge in [0.25, 0.3) is 0 Å². The molecule has 0 fully saturated rings. The van der Waals surface area contributed by atoms with Crippen molar-refractivity contribution in [1.29, 1.82) is 0 Å². The first-order valence-electron chi connectivity index (χ1n) is 26.7. The van der Waals surface area contributed by atoms with Crippen LogP contribution in [0.3, 0.4) is 0 Å². The number of fused-ring (bicyclic) bond motifs is 6. The SMILES string of the molecule is CCCCn1c2cc(-c3ccc(-c4cncc(-c5ccc(-c6ccc7c8ccc(N(c9ccccc9)c9ccccc9)cc8n(CCCC)c7c6)s5)c4)s3)ccc2c2ccc(N(c3ccccc3)c3ccccc3)cc21. The van der Waals surface area contributed by atoms with Crippen molar-refractivity contribution in [1.82, 2.24) is 14.1 Å². The molecule has 7 heteroatoms. The summed E-state index contributed by atoms with van der Waals surface area (Å²) in [5.41, 5.74) is 16.7. The first-order chi connectivity index (χ1) is 37.6. The zero-order valence-electron chi connectivity index (χ0n) is 42.8. The maximum Gasteiger partial charge on any atom is 0.0512 e. The van der Waals surface area contributed by atoms with Crippen LogP contribution in [0, 0.1) is 0 Å². The van der Waals surface area contributed by atoms with Crippen LogP contribution in [-0.2, 0) is 13.1 Å². The van der Waals surface area contributed by atoms with Gasteiger partial charge < -0.3 is 18.9 Å². The van der Waals surface area contributed by atoms with Crippen LogP contribution in [0.1, 0.15) is 39.5 Å². The summed E-state index contributed by atoms with van der Waals surface area (Å²) in [4.78, 5) is 14.5. The highest BCUT2D eigenvalue weighted by Gasteiger charge is 2.20. The molecule has 76 heavy (non-hydrogen) atoms. The summed E-state index contributed by atoms with van der Waals surface area (Å²) in [5, 5.41) is 5.15. The molecule has 0 amide bonds. The fraction of sp³-hybridized carbons (Fsp3) is 0.116. The second-order valence-corrected chi connectivity index (χ2v) is 21.8. The highest BCUT2D eigenvalue weighted by atomic mass is 32.1. The third kappa shape index (κ3) is 8.85. The number of benzene rings is 8. The van der Waals surface area contributed by atoms with E-state index in [1.54, 1.807) is 0 Å². The smallest absolute Gasteiger partial charge is 0.0512 e. The molecule has 370 valence electrons. The Morgan fingerprint density at radius 1 is 0.329 bits per heavy atom. The molecule has 5 heterocycles. The molecule has 0 N–H and O–H groups in total. The predicted molar refractivity (Wildman–Crippen MR) is 327 cm³/mol. The molecular weight excluding hydrogens is 963 g/mol. The quantitative estimate of drug-likeness (QED) is 0.0966. The third-order valence-corrected chi connectivity index (χ3v) is 17.2. The van der Waals surface area contributed by atoms with Crippen molar-refractivity contribution < 1.29 is 0 Å². The standard InChI is InChI=1S/C69H57N5S2/c1-3-5-39-71-62-42-48(27-31-58(62)60-33-29-56(44-64(60)71)73(52-19-11-7-12-20-52)53-21-13-8-14-22-53)66-35-37-68(75-66)50-41-51(47-70-46-50)69-38-36-67(76-69)49-28-32-59-61-34-30-57(45-65(61)72(40-6-4-2)63(59)43-49)74(54-23-15-9-16-24-54)55-25-17-10-18-26-55/h7-38,41-47H,3-6,39-40H2,1-2H3. The first kappa shape index (κ1) is 47.2. The molecule has 13 aromatic rings. The maximum atomic E-state index is 4.83. The molecule has 13 rings (SSSR count). The summed E-state index contributed by atoms with van der Waals surface area (Å²) in [6.07, 6.45) is 8.50. The Hall–Kier alpha value is -8.49. The molecule has 5 nitrogen and oxygen atoms in total. The topological polar surface area (TPSA) is 29.2 Å². The second-order valence-electron chi connectivity index (χ2n) is 19.7. The number of rotatable bonds is 16. The van der Waals surface area contributed by atoms with Crippen LogP contribution in [0.4, 0.5) is 34.1 Å². The van der Waals surface area contributed by atoms with Crippen LogP contribution in [-0.4, -0.2) is 14.1 Å². The number of aryl methyl sites for hydroxylation is 2. The largest absolute Gasteiger partial charge is 0.340 e. The molecule has 0 aliphatic rings. The average molecular weight is 1020 g/mol. The average Bonchev–Trinajstić information content (AvgIpc) is 4.35. The lowest BCUT2D eigenvalue weighted by Gasteiger charge is -2.25. The van der Waals surface area contributed by atoms with E-state index in [1.807, 2.05) is 35.1 Å². The number of hydrogen-bond donors (Lipinski definition) is 0. The van der Waals surface area contributed by atoms with Gasteiger partial charge in [-0.2, -0.15) is 0 Å². The molecule has 8 aromatic carbocycles. The summed E-state index contributed by atoms with van der Waals surface area (Å²) >= 11 is 3.68. The van der Waals surface area contributed by atoms with Crippen molar-refractivity contribution in [3.05, 3.63) is 237 Å². The van der Waals surface area contributed by atoms with Gasteiger partial charge in [-0.25, -0.2) is 0 Å². The number of anilines is 6. The zero-order valence-corrected chi connectivity index (χ0v) is 44.4. The van der Waals surface area contributed by atoms with E-state index in [1.165, 1.54) is 74.2 Å². The normalized spacial score (nSPS) is 11.6. The van der Waals surface area contributed by atoms with Gasteiger partial charge in [-0.3, -0.25) is 4.98 Å². The fourth-order valence-corrected chi connectivity index (χ4v) is 13.0. The van der Waals surface area contributed by atoms with E-state index in [0.29, 0.717) is 0 Å². The number of pyridine rings is 1. The highest BCUT2D eigenvalue weighted by molar-refractivity contribution is 7.19. The third-order valence-electron chi connectivity index (χ3n) is 14.8. The highest BCUT2D eigenvalue weighted by Crippen LogP contribution is 2.44. The Bertz CT molecular complexity index is 3810. The molecule has 0 radical (unpaired) electrons. The fourth-order valence-electron chi connectivity index (χ4n) is 11.1. The monoisotopic (exact) mass is 1020 g/mol. The van der Waals surface area contributed by atoms with Gasteiger partial charge in [-0.05, 0) is 139 Å². The Kier molecular flexibility index (Phi) is 12.8. The lowest BCUT2D eigenvalue weighted by molar-refractivity contribution is 0.665. The second kappa shape index (κ2) is 20.7. The van der Waals surface area contributed by atoms with Crippen molar-refractivity contribution in [2.75, 3.05) is 9.80 Å². The van der Waals surface area contributed by atoms with Crippen LogP contribution in [0.2, 0.25) is 0 Å². The van der Waals surface area contributed by atoms with E-state index in [-0.39, 0.29) is 0 Å². The van der Waals surface area contributed by atoms with Gasteiger partial charge in [-0.15, -0.1) is 22.7 Å². The van der Waals surface area contributed by atoms with Gasteiger partial charge in [0, 0.05) is 123 Å². The van der Waals surface area contributed by atoms with Crippen LogP contribution in [0.25, 0.3) is 85.4 Å². The lowest BCUT2D eigenvalue weighted by Crippen LogP contribution is -2.09. The lowest BCUT2D eigenvalue weighted by atomic mass is 10.1. The Balaban J connectivity index is 0.802. The number of thiophene rings is 2. The zero-order chi connectivity index (χ0) is 51.0. The van der Waals surface area contributed by atoms with Crippen LogP contribution >= 0.6 is 22.7 Å². The van der Waals surface area contributed by atoms with Crippen molar-refractivity contribution in [2.45, 2.75) is 52.6 Å². The summed E-state index contributed by atoms with van der Waals surface area (Å²) in [6, 6.07) is 82.3. The van der Waals surface area contributed by atoms with E-state index >= 15 is 0 Å². The number of aromatic nitrogens is 3. The van der Waals surface area contributed by atoms with Gasteiger partial charge >= 0.3 is 0 Å². The first-order valence-corrected chi connectivity index (χ1v) is 28.3. The number of hydrogen-bond acceptors (Lipinski definition) is 5. The van der Waals surface area contributed by atoms with Crippen molar-refractivity contribution in [3.63, 3.8) is 0 Å². The van der Waals surface area contributed by atoms with E-state index in [9.17, 15) is 0 Å². The van der Waals surface area contributed by atoms with Gasteiger partial charge in [0.2, 0.25) is 0 Å². The molecule has 0 aliphatic heterocycles. The molecule has 0 aliphatic carbocycles. The minimum absolute atomic E-state index is 0.960. The summed E-state index contributed by atoms with van der Waals surface area (Å²) in [7, 11) is 0. The van der Waals surface area contributed by atoms with E-state index in [0.717, 1.165) is 84.0 Å². The molecule has 0 saturated heterocycles. The Morgan fingerprint density at radius 2 is 0.658 bits per heavy atom. The number of unbranched alkanes of at least 4 members (excludes halogenated alkanes) is 2. The summed E-state index contributed by atoms with van der Waals surface area (Å²) < 4.78 is 5.11. The molecular formula is C69H57N5S2. The molecule has 0 bridgehead atoms.